The van der Waals surface area contributed by atoms with Crippen molar-refractivity contribution < 1.29 is 17.9 Å². The summed E-state index contributed by atoms with van der Waals surface area (Å²) in [4.78, 5) is 14.3. The molecule has 3 aliphatic rings. The number of esters is 1. The molecule has 0 aliphatic carbocycles. The Hall–Kier alpha value is -1.66. The second-order valence-electron chi connectivity index (χ2n) is 7.19. The van der Waals surface area contributed by atoms with Gasteiger partial charge >= 0.3 is 5.97 Å². The standard InChI is InChI=1S/C19H23NO4S/c1-19-14(12-18(21)23-19)11-16(13-20-10-6-5-9-17(19)20)25(22)24-15-7-3-2-4-8-15/h2-4,7-8,12,16-17H,5-6,9-11,13H2,1H3/t16?,17-,19+,25?/m1/s1. The number of hydrogen-bond acceptors (Lipinski definition) is 5. The van der Waals surface area contributed by atoms with Gasteiger partial charge in [0.1, 0.15) is 11.4 Å². The molecule has 25 heavy (non-hydrogen) atoms. The fourth-order valence-corrected chi connectivity index (χ4v) is 5.37. The highest BCUT2D eigenvalue weighted by molar-refractivity contribution is 7.81. The number of ether oxygens (including phenoxy) is 1. The van der Waals surface area contributed by atoms with E-state index in [0.29, 0.717) is 18.7 Å². The van der Waals surface area contributed by atoms with Crippen LogP contribution < -0.4 is 4.18 Å². The largest absolute Gasteiger partial charge is 0.450 e. The van der Waals surface area contributed by atoms with Gasteiger partial charge in [-0.05, 0) is 50.4 Å². The van der Waals surface area contributed by atoms with E-state index in [2.05, 4.69) is 4.90 Å². The van der Waals surface area contributed by atoms with Crippen molar-refractivity contribution in [2.45, 2.75) is 49.5 Å². The van der Waals surface area contributed by atoms with Crippen LogP contribution in [0.15, 0.2) is 42.0 Å². The molecule has 0 saturated carbocycles. The van der Waals surface area contributed by atoms with Crippen molar-refractivity contribution in [3.8, 4) is 5.75 Å². The lowest BCUT2D eigenvalue weighted by Gasteiger charge is -2.43. The van der Waals surface area contributed by atoms with Crippen LogP contribution in [-0.2, 0) is 20.6 Å². The lowest BCUT2D eigenvalue weighted by atomic mass is 9.83. The molecular formula is C19H23NO4S. The summed E-state index contributed by atoms with van der Waals surface area (Å²) >= 11 is -1.47. The Morgan fingerprint density at radius 1 is 1.28 bits per heavy atom. The summed E-state index contributed by atoms with van der Waals surface area (Å²) in [5, 5.41) is -0.177. The Labute approximate surface area is 150 Å². The average molecular weight is 361 g/mol. The summed E-state index contributed by atoms with van der Waals surface area (Å²) < 4.78 is 24.3. The van der Waals surface area contributed by atoms with Gasteiger partial charge in [-0.3, -0.25) is 4.90 Å². The number of benzene rings is 1. The van der Waals surface area contributed by atoms with Gasteiger partial charge in [-0.15, -0.1) is 0 Å². The maximum Gasteiger partial charge on any atom is 0.331 e. The zero-order valence-electron chi connectivity index (χ0n) is 14.3. The first kappa shape index (κ1) is 16.8. The highest BCUT2D eigenvalue weighted by Crippen LogP contribution is 2.43. The van der Waals surface area contributed by atoms with Crippen LogP contribution in [0.5, 0.6) is 5.75 Å². The summed E-state index contributed by atoms with van der Waals surface area (Å²) in [6, 6.07) is 9.41. The van der Waals surface area contributed by atoms with Gasteiger partial charge < -0.3 is 8.92 Å². The molecule has 3 aliphatic heterocycles. The molecule has 0 N–H and O–H groups in total. The minimum atomic E-state index is -1.47. The third kappa shape index (κ3) is 3.13. The fraction of sp³-hybridized carbons (Fsp3) is 0.526. The fourth-order valence-electron chi connectivity index (χ4n) is 4.31. The molecule has 0 spiro atoms. The van der Waals surface area contributed by atoms with E-state index >= 15 is 0 Å². The van der Waals surface area contributed by atoms with Gasteiger partial charge in [0.25, 0.3) is 0 Å². The SMILES string of the molecule is C[C@]12OC(=O)C=C1CC(S(=O)Oc1ccccc1)CN1CCCC[C@@H]12. The third-order valence-corrected chi connectivity index (χ3v) is 6.79. The average Bonchev–Trinajstić information content (AvgIpc) is 2.83. The van der Waals surface area contributed by atoms with Crippen molar-refractivity contribution in [1.82, 2.24) is 4.90 Å². The van der Waals surface area contributed by atoms with Gasteiger partial charge in [0.05, 0.1) is 11.3 Å². The first-order chi connectivity index (χ1) is 12.1. The molecule has 5 nitrogen and oxygen atoms in total. The van der Waals surface area contributed by atoms with Crippen LogP contribution in [0, 0.1) is 0 Å². The van der Waals surface area contributed by atoms with Crippen molar-refractivity contribution in [1.29, 1.82) is 0 Å². The smallest absolute Gasteiger partial charge is 0.331 e. The first-order valence-corrected chi connectivity index (χ1v) is 10.0. The Bertz CT molecular complexity index is 719. The topological polar surface area (TPSA) is 55.8 Å². The number of nitrogens with zero attached hydrogens (tertiary/aromatic N) is 1. The maximum atomic E-state index is 12.9. The van der Waals surface area contributed by atoms with E-state index in [0.717, 1.165) is 31.4 Å². The normalized spacial score (nSPS) is 33.5. The van der Waals surface area contributed by atoms with Crippen LogP contribution in [-0.4, -0.2) is 45.1 Å². The second-order valence-corrected chi connectivity index (χ2v) is 8.54. The quantitative estimate of drug-likeness (QED) is 0.775. The van der Waals surface area contributed by atoms with E-state index in [4.69, 9.17) is 8.92 Å². The zero-order chi connectivity index (χ0) is 17.4. The molecule has 2 saturated heterocycles. The predicted octanol–water partition coefficient (Wildman–Crippen LogP) is 2.60. The van der Waals surface area contributed by atoms with Gasteiger partial charge in [0.2, 0.25) is 11.1 Å². The molecule has 134 valence electrons. The number of hydrogen-bond donors (Lipinski definition) is 0. The van der Waals surface area contributed by atoms with Crippen molar-refractivity contribution in [2.24, 2.45) is 0 Å². The monoisotopic (exact) mass is 361 g/mol. The van der Waals surface area contributed by atoms with Crippen LogP contribution >= 0.6 is 0 Å². The number of piperidine rings is 1. The van der Waals surface area contributed by atoms with E-state index in [1.165, 1.54) is 0 Å². The number of fused-ring (bicyclic) bond motifs is 3. The van der Waals surface area contributed by atoms with Gasteiger partial charge in [-0.2, -0.15) is 0 Å². The summed E-state index contributed by atoms with van der Waals surface area (Å²) in [6.07, 6.45) is 5.42. The highest BCUT2D eigenvalue weighted by Gasteiger charge is 2.52. The van der Waals surface area contributed by atoms with Crippen LogP contribution in [0.1, 0.15) is 32.6 Å². The maximum absolute atomic E-state index is 12.9. The molecule has 3 heterocycles. The molecule has 6 heteroatoms. The van der Waals surface area contributed by atoms with Crippen molar-refractivity contribution in [2.75, 3.05) is 13.1 Å². The number of carbonyl (C=O) groups excluding carboxylic acids is 1. The minimum Gasteiger partial charge on any atom is -0.450 e. The van der Waals surface area contributed by atoms with E-state index in [1.807, 2.05) is 37.3 Å². The molecule has 1 aromatic carbocycles. The van der Waals surface area contributed by atoms with E-state index < -0.39 is 16.7 Å². The van der Waals surface area contributed by atoms with Crippen molar-refractivity contribution in [3.05, 3.63) is 42.0 Å². The van der Waals surface area contributed by atoms with E-state index in [9.17, 15) is 9.00 Å². The Balaban J connectivity index is 1.60. The Morgan fingerprint density at radius 2 is 2.08 bits per heavy atom. The van der Waals surface area contributed by atoms with Gasteiger partial charge in [-0.25, -0.2) is 9.00 Å². The molecule has 4 rings (SSSR count). The number of carbonyl (C=O) groups is 1. The molecular weight excluding hydrogens is 338 g/mol. The minimum absolute atomic E-state index is 0.165. The summed E-state index contributed by atoms with van der Waals surface area (Å²) in [5.74, 6) is 0.328. The van der Waals surface area contributed by atoms with Gasteiger partial charge in [-0.1, -0.05) is 24.6 Å². The number of para-hydroxylation sites is 1. The zero-order valence-corrected chi connectivity index (χ0v) is 15.2. The van der Waals surface area contributed by atoms with Crippen LogP contribution in [0.2, 0.25) is 0 Å². The van der Waals surface area contributed by atoms with Crippen LogP contribution in [0.4, 0.5) is 0 Å². The lowest BCUT2D eigenvalue weighted by Crippen LogP contribution is -2.54. The Morgan fingerprint density at radius 3 is 2.88 bits per heavy atom. The molecule has 0 bridgehead atoms. The summed E-state index contributed by atoms with van der Waals surface area (Å²) in [7, 11) is 0. The third-order valence-electron chi connectivity index (χ3n) is 5.57. The van der Waals surface area contributed by atoms with Crippen LogP contribution in [0.25, 0.3) is 0 Å². The van der Waals surface area contributed by atoms with Gasteiger partial charge in [0, 0.05) is 12.6 Å². The Kier molecular flexibility index (Phi) is 4.41. The van der Waals surface area contributed by atoms with Crippen LogP contribution in [0.3, 0.4) is 0 Å². The lowest BCUT2D eigenvalue weighted by molar-refractivity contribution is -0.150. The molecule has 2 unspecified atom stereocenters. The molecule has 2 fully saturated rings. The molecule has 0 amide bonds. The molecule has 1 aromatic rings. The summed E-state index contributed by atoms with van der Waals surface area (Å²) in [6.45, 7) is 3.66. The number of rotatable bonds is 3. The van der Waals surface area contributed by atoms with Crippen molar-refractivity contribution in [3.63, 3.8) is 0 Å². The van der Waals surface area contributed by atoms with Gasteiger partial charge in [0.15, 0.2) is 0 Å². The summed E-state index contributed by atoms with van der Waals surface area (Å²) in [5.41, 5.74) is 0.366. The van der Waals surface area contributed by atoms with E-state index in [-0.39, 0.29) is 17.3 Å². The van der Waals surface area contributed by atoms with E-state index in [1.54, 1.807) is 6.08 Å². The molecule has 0 radical (unpaired) electrons. The molecule has 4 atom stereocenters. The molecule has 0 aromatic heterocycles. The first-order valence-electron chi connectivity index (χ1n) is 8.88. The second kappa shape index (κ2) is 6.57. The predicted molar refractivity (Wildman–Crippen MR) is 95.4 cm³/mol. The highest BCUT2D eigenvalue weighted by atomic mass is 32.2. The van der Waals surface area contributed by atoms with Crippen molar-refractivity contribution >= 4 is 17.0 Å².